The number of piperidine rings is 1. The molecule has 4 N–H and O–H groups in total. The van der Waals surface area contributed by atoms with Gasteiger partial charge in [-0.05, 0) is 39.7 Å². The summed E-state index contributed by atoms with van der Waals surface area (Å²) in [7, 11) is 1.96. The van der Waals surface area contributed by atoms with Gasteiger partial charge in [-0.15, -0.1) is 0 Å². The van der Waals surface area contributed by atoms with Gasteiger partial charge in [0.2, 0.25) is 5.91 Å². The molecule has 0 radical (unpaired) electrons. The summed E-state index contributed by atoms with van der Waals surface area (Å²) in [6.45, 7) is 9.66. The summed E-state index contributed by atoms with van der Waals surface area (Å²) in [4.78, 5) is 23.1. The Bertz CT molecular complexity index is 928. The zero-order chi connectivity index (χ0) is 22.4. The van der Waals surface area contributed by atoms with Crippen LogP contribution in [0, 0.1) is 19.8 Å². The van der Waals surface area contributed by atoms with Crippen LogP contribution >= 0.6 is 0 Å². The number of aromatic nitrogens is 3. The lowest BCUT2D eigenvalue weighted by atomic mass is 9.96. The first-order valence-electron chi connectivity index (χ1n) is 10.9. The molecule has 1 amide bonds. The predicted octanol–water partition coefficient (Wildman–Crippen LogP) is 1.39. The number of hydrogen-bond acceptors (Lipinski definition) is 5. The second kappa shape index (κ2) is 10.3. The Morgan fingerprint density at radius 1 is 1.29 bits per heavy atom. The summed E-state index contributed by atoms with van der Waals surface area (Å²) in [5.74, 6) is 1.45. The van der Waals surface area contributed by atoms with Crippen molar-refractivity contribution in [3.63, 3.8) is 0 Å². The Hall–Kier alpha value is -3.10. The van der Waals surface area contributed by atoms with Crippen molar-refractivity contribution in [1.29, 1.82) is 0 Å². The fourth-order valence-corrected chi connectivity index (χ4v) is 3.97. The van der Waals surface area contributed by atoms with E-state index < -0.39 is 0 Å². The highest BCUT2D eigenvalue weighted by Crippen LogP contribution is 2.25. The number of rotatable bonds is 7. The van der Waals surface area contributed by atoms with E-state index in [1.807, 2.05) is 24.7 Å². The van der Waals surface area contributed by atoms with E-state index in [1.54, 1.807) is 6.20 Å². The summed E-state index contributed by atoms with van der Waals surface area (Å²) in [5, 5.41) is 11.2. The number of hydrogen-bond donors (Lipinski definition) is 3. The van der Waals surface area contributed by atoms with Crippen molar-refractivity contribution < 1.29 is 4.79 Å². The molecule has 1 fully saturated rings. The molecule has 2 aromatic heterocycles. The van der Waals surface area contributed by atoms with Crippen LogP contribution in [0.1, 0.15) is 42.3 Å². The van der Waals surface area contributed by atoms with E-state index in [4.69, 9.17) is 10.7 Å². The Kier molecular flexibility index (Phi) is 7.49. The average Bonchev–Trinajstić information content (AvgIpc) is 3.01. The van der Waals surface area contributed by atoms with Crippen LogP contribution in [0.5, 0.6) is 0 Å². The minimum atomic E-state index is -0.203. The van der Waals surface area contributed by atoms with Gasteiger partial charge in [-0.2, -0.15) is 5.10 Å². The Morgan fingerprint density at radius 3 is 2.65 bits per heavy atom. The number of aryl methyl sites for hydroxylation is 2. The van der Waals surface area contributed by atoms with Gasteiger partial charge in [-0.1, -0.05) is 6.07 Å². The van der Waals surface area contributed by atoms with Crippen LogP contribution in [0.25, 0.3) is 0 Å². The summed E-state index contributed by atoms with van der Waals surface area (Å²) < 4.78 is 1.90. The Balaban J connectivity index is 1.69. The molecule has 9 heteroatoms. The van der Waals surface area contributed by atoms with E-state index in [1.165, 1.54) is 5.56 Å². The van der Waals surface area contributed by atoms with Crippen molar-refractivity contribution in [1.82, 2.24) is 25.4 Å². The highest BCUT2D eigenvalue weighted by atomic mass is 16.1. The molecule has 0 saturated carbocycles. The number of pyridine rings is 1. The largest absolute Gasteiger partial charge is 0.369 e. The maximum absolute atomic E-state index is 11.5. The maximum atomic E-state index is 11.5. The van der Waals surface area contributed by atoms with E-state index in [0.29, 0.717) is 13.1 Å². The van der Waals surface area contributed by atoms with E-state index in [2.05, 4.69) is 45.5 Å². The number of nitrogens with one attached hydrogen (secondary N) is 2. The zero-order valence-corrected chi connectivity index (χ0v) is 19.0. The molecule has 1 saturated heterocycles. The highest BCUT2D eigenvalue weighted by Gasteiger charge is 2.24. The molecular formula is C22H34N8O. The number of amides is 1. The van der Waals surface area contributed by atoms with Gasteiger partial charge < -0.3 is 21.3 Å². The molecule has 1 aliphatic heterocycles. The smallest absolute Gasteiger partial charge is 0.220 e. The summed E-state index contributed by atoms with van der Waals surface area (Å²) in [5.41, 5.74) is 9.89. The molecule has 0 unspecified atom stereocenters. The molecular weight excluding hydrogens is 392 g/mol. The van der Waals surface area contributed by atoms with Gasteiger partial charge in [0.25, 0.3) is 0 Å². The number of nitrogens with zero attached hydrogens (tertiary/aromatic N) is 5. The first-order chi connectivity index (χ1) is 14.9. The number of carbonyl (C=O) groups excluding carboxylic acids is 1. The monoisotopic (exact) mass is 426 g/mol. The van der Waals surface area contributed by atoms with E-state index >= 15 is 0 Å². The van der Waals surface area contributed by atoms with Crippen molar-refractivity contribution >= 4 is 17.7 Å². The second-order valence-electron chi connectivity index (χ2n) is 7.97. The van der Waals surface area contributed by atoms with Crippen molar-refractivity contribution in [3.05, 3.63) is 40.8 Å². The lowest BCUT2D eigenvalue weighted by Gasteiger charge is -2.32. The van der Waals surface area contributed by atoms with E-state index in [9.17, 15) is 4.79 Å². The molecule has 2 aromatic rings. The molecule has 0 spiro atoms. The Morgan fingerprint density at radius 2 is 2.03 bits per heavy atom. The molecule has 0 aliphatic carbocycles. The minimum absolute atomic E-state index is 0.0367. The number of aliphatic imine (C=N–C) groups is 1. The summed E-state index contributed by atoms with van der Waals surface area (Å²) >= 11 is 0. The summed E-state index contributed by atoms with van der Waals surface area (Å²) in [6, 6.07) is 4.00. The number of guanidine groups is 1. The topological polar surface area (TPSA) is 113 Å². The summed E-state index contributed by atoms with van der Waals surface area (Å²) in [6.07, 6.45) is 3.34. The van der Waals surface area contributed by atoms with Gasteiger partial charge >= 0.3 is 0 Å². The van der Waals surface area contributed by atoms with Crippen LogP contribution in [0.4, 0.5) is 5.82 Å². The number of nitrogens with two attached hydrogens (primary N) is 1. The lowest BCUT2D eigenvalue weighted by molar-refractivity contribution is -0.122. The van der Waals surface area contributed by atoms with Gasteiger partial charge in [0.15, 0.2) is 5.96 Å². The normalized spacial score (nSPS) is 15.2. The van der Waals surface area contributed by atoms with Crippen LogP contribution in [-0.2, 0) is 24.9 Å². The number of carbonyl (C=O) groups is 1. The zero-order valence-electron chi connectivity index (χ0n) is 19.0. The molecule has 3 heterocycles. The third-order valence-electron chi connectivity index (χ3n) is 5.91. The van der Waals surface area contributed by atoms with Gasteiger partial charge in [-0.3, -0.25) is 9.48 Å². The third-order valence-corrected chi connectivity index (χ3v) is 5.91. The van der Waals surface area contributed by atoms with Crippen molar-refractivity contribution in [2.24, 2.45) is 23.7 Å². The van der Waals surface area contributed by atoms with Crippen LogP contribution in [0.2, 0.25) is 0 Å². The fraction of sp³-hybridized carbons (Fsp3) is 0.545. The molecule has 0 bridgehead atoms. The van der Waals surface area contributed by atoms with Crippen molar-refractivity contribution in [2.45, 2.75) is 46.7 Å². The molecule has 0 atom stereocenters. The number of anilines is 1. The number of primary amides is 1. The van der Waals surface area contributed by atoms with Gasteiger partial charge in [0.1, 0.15) is 5.82 Å². The molecule has 0 aromatic carbocycles. The average molecular weight is 427 g/mol. The van der Waals surface area contributed by atoms with E-state index in [0.717, 1.165) is 61.2 Å². The lowest BCUT2D eigenvalue weighted by Crippen LogP contribution is -2.39. The van der Waals surface area contributed by atoms with Crippen LogP contribution < -0.4 is 21.3 Å². The third kappa shape index (κ3) is 5.53. The Labute approximate surface area is 184 Å². The van der Waals surface area contributed by atoms with Crippen molar-refractivity contribution in [3.8, 4) is 0 Å². The molecule has 3 rings (SSSR count). The van der Waals surface area contributed by atoms with Gasteiger partial charge in [0.05, 0.1) is 12.2 Å². The molecule has 168 valence electrons. The standard InChI is InChI=1S/C22H34N8O/c1-5-24-22(27-14-19-15(2)28-29(4)16(19)3)26-13-18-7-6-10-25-21(18)30-11-8-17(9-12-30)20(23)31/h6-7,10,17H,5,8-9,11-14H2,1-4H3,(H2,23,31)(H2,24,26,27). The first kappa shape index (κ1) is 22.6. The van der Waals surface area contributed by atoms with Crippen LogP contribution in [0.3, 0.4) is 0 Å². The SMILES string of the molecule is CCNC(=NCc1cccnc1N1CCC(C(N)=O)CC1)NCc1c(C)nn(C)c1C. The molecule has 1 aliphatic rings. The minimum Gasteiger partial charge on any atom is -0.369 e. The van der Waals surface area contributed by atoms with Crippen molar-refractivity contribution in [2.75, 3.05) is 24.5 Å². The quantitative estimate of drug-likeness (QED) is 0.455. The van der Waals surface area contributed by atoms with Crippen LogP contribution in [0.15, 0.2) is 23.3 Å². The predicted molar refractivity (Wildman–Crippen MR) is 123 cm³/mol. The van der Waals surface area contributed by atoms with Gasteiger partial charge in [-0.25, -0.2) is 9.98 Å². The fourth-order valence-electron chi connectivity index (χ4n) is 3.97. The maximum Gasteiger partial charge on any atom is 0.220 e. The molecule has 9 nitrogen and oxygen atoms in total. The van der Waals surface area contributed by atoms with Gasteiger partial charge in [0, 0.05) is 62.2 Å². The van der Waals surface area contributed by atoms with Crippen LogP contribution in [-0.4, -0.2) is 46.3 Å². The second-order valence-corrected chi connectivity index (χ2v) is 7.97. The van der Waals surface area contributed by atoms with E-state index in [-0.39, 0.29) is 11.8 Å². The highest BCUT2D eigenvalue weighted by molar-refractivity contribution is 5.80. The molecule has 31 heavy (non-hydrogen) atoms. The first-order valence-corrected chi connectivity index (χ1v) is 10.9.